The first-order chi connectivity index (χ1) is 9.35. The lowest BCUT2D eigenvalue weighted by molar-refractivity contribution is 0.567. The Balaban J connectivity index is 2.03. The molecule has 0 saturated carbocycles. The molecule has 1 heterocycles. The molecule has 1 aromatic rings. The Morgan fingerprint density at radius 2 is 1.58 bits per heavy atom. The molecule has 0 radical (unpaired) electrons. The Hall–Kier alpha value is -1.22. The van der Waals surface area contributed by atoms with Gasteiger partial charge < -0.3 is 15.1 Å². The van der Waals surface area contributed by atoms with Gasteiger partial charge in [0.1, 0.15) is 0 Å². The van der Waals surface area contributed by atoms with Crippen molar-refractivity contribution in [3.05, 3.63) is 24.3 Å². The molecule has 0 aliphatic carbocycles. The zero-order chi connectivity index (χ0) is 13.5. The van der Waals surface area contributed by atoms with Gasteiger partial charge in [0.25, 0.3) is 0 Å². The van der Waals surface area contributed by atoms with Crippen LogP contribution in [-0.2, 0) is 0 Å². The molecule has 3 heteroatoms. The van der Waals surface area contributed by atoms with E-state index in [0.29, 0.717) is 0 Å². The Bertz CT molecular complexity index is 349. The summed E-state index contributed by atoms with van der Waals surface area (Å²) in [4.78, 5) is 4.91. The highest BCUT2D eigenvalue weighted by Crippen LogP contribution is 2.21. The van der Waals surface area contributed by atoms with Crippen molar-refractivity contribution in [2.24, 2.45) is 0 Å². The molecule has 1 saturated heterocycles. The van der Waals surface area contributed by atoms with Crippen LogP contribution in [0.1, 0.15) is 26.7 Å². The summed E-state index contributed by atoms with van der Waals surface area (Å²) in [6, 6.07) is 9.09. The molecule has 106 valence electrons. The first-order valence-corrected chi connectivity index (χ1v) is 7.65. The van der Waals surface area contributed by atoms with Crippen molar-refractivity contribution >= 4 is 11.4 Å². The monoisotopic (exact) mass is 261 g/mol. The number of benzene rings is 1. The lowest BCUT2D eigenvalue weighted by Gasteiger charge is -2.28. The van der Waals surface area contributed by atoms with E-state index in [1.165, 1.54) is 24.2 Å². The van der Waals surface area contributed by atoms with E-state index >= 15 is 0 Å². The summed E-state index contributed by atoms with van der Waals surface area (Å²) in [5, 5.41) is 3.47. The van der Waals surface area contributed by atoms with Crippen LogP contribution in [0.15, 0.2) is 24.3 Å². The lowest BCUT2D eigenvalue weighted by atomic mass is 10.2. The van der Waals surface area contributed by atoms with Crippen LogP contribution in [0.3, 0.4) is 0 Å². The van der Waals surface area contributed by atoms with E-state index in [2.05, 4.69) is 53.2 Å². The zero-order valence-electron chi connectivity index (χ0n) is 12.4. The highest BCUT2D eigenvalue weighted by Gasteiger charge is 2.09. The number of anilines is 2. The van der Waals surface area contributed by atoms with Crippen LogP contribution in [0.25, 0.3) is 0 Å². The van der Waals surface area contributed by atoms with Gasteiger partial charge in [0, 0.05) is 37.6 Å². The van der Waals surface area contributed by atoms with E-state index in [1.54, 1.807) is 0 Å². The minimum Gasteiger partial charge on any atom is -0.372 e. The predicted molar refractivity (Wildman–Crippen MR) is 84.3 cm³/mol. The average Bonchev–Trinajstić information content (AvgIpc) is 2.41. The SMILES string of the molecule is CCN(CC)c1ccc(N2CCCNCCC2)cc1. The van der Waals surface area contributed by atoms with Gasteiger partial charge in [-0.1, -0.05) is 0 Å². The minimum atomic E-state index is 1.07. The number of nitrogens with one attached hydrogen (secondary N) is 1. The fourth-order valence-electron chi connectivity index (χ4n) is 2.75. The topological polar surface area (TPSA) is 18.5 Å². The van der Waals surface area contributed by atoms with Gasteiger partial charge in [-0.2, -0.15) is 0 Å². The lowest BCUT2D eigenvalue weighted by Crippen LogP contribution is -2.33. The van der Waals surface area contributed by atoms with Crippen molar-refractivity contribution in [3.63, 3.8) is 0 Å². The van der Waals surface area contributed by atoms with Crippen molar-refractivity contribution in [2.75, 3.05) is 49.1 Å². The van der Waals surface area contributed by atoms with Crippen molar-refractivity contribution in [1.29, 1.82) is 0 Å². The maximum Gasteiger partial charge on any atom is 0.0367 e. The number of hydrogen-bond donors (Lipinski definition) is 1. The second kappa shape index (κ2) is 7.39. The molecule has 0 bridgehead atoms. The van der Waals surface area contributed by atoms with E-state index in [4.69, 9.17) is 0 Å². The van der Waals surface area contributed by atoms with Gasteiger partial charge in [-0.05, 0) is 64.0 Å². The first kappa shape index (κ1) is 14.2. The zero-order valence-corrected chi connectivity index (χ0v) is 12.4. The maximum atomic E-state index is 3.47. The van der Waals surface area contributed by atoms with E-state index < -0.39 is 0 Å². The van der Waals surface area contributed by atoms with E-state index in [9.17, 15) is 0 Å². The van der Waals surface area contributed by atoms with Crippen LogP contribution < -0.4 is 15.1 Å². The van der Waals surface area contributed by atoms with Gasteiger partial charge >= 0.3 is 0 Å². The van der Waals surface area contributed by atoms with Crippen LogP contribution in [0.2, 0.25) is 0 Å². The summed E-state index contributed by atoms with van der Waals surface area (Å²) in [7, 11) is 0. The Kier molecular flexibility index (Phi) is 5.52. The van der Waals surface area contributed by atoms with Crippen LogP contribution in [0.5, 0.6) is 0 Å². The highest BCUT2D eigenvalue weighted by molar-refractivity contribution is 5.56. The highest BCUT2D eigenvalue weighted by atomic mass is 15.1. The van der Waals surface area contributed by atoms with E-state index in [0.717, 1.165) is 39.3 Å². The number of hydrogen-bond acceptors (Lipinski definition) is 3. The summed E-state index contributed by atoms with van der Waals surface area (Å²) in [5.74, 6) is 0. The standard InChI is InChI=1S/C16H27N3/c1-3-18(4-2)15-7-9-16(10-8-15)19-13-5-11-17-12-6-14-19/h7-10,17H,3-6,11-14H2,1-2H3. The molecule has 0 unspecified atom stereocenters. The van der Waals surface area contributed by atoms with Gasteiger partial charge in [-0.25, -0.2) is 0 Å². The van der Waals surface area contributed by atoms with Crippen molar-refractivity contribution < 1.29 is 0 Å². The fraction of sp³-hybridized carbons (Fsp3) is 0.625. The van der Waals surface area contributed by atoms with Gasteiger partial charge in [0.2, 0.25) is 0 Å². The summed E-state index contributed by atoms with van der Waals surface area (Å²) in [6.45, 7) is 11.2. The smallest absolute Gasteiger partial charge is 0.0367 e. The number of nitrogens with zero attached hydrogens (tertiary/aromatic N) is 2. The second-order valence-corrected chi connectivity index (χ2v) is 5.13. The van der Waals surface area contributed by atoms with Gasteiger partial charge in [0.15, 0.2) is 0 Å². The summed E-state index contributed by atoms with van der Waals surface area (Å²) in [6.07, 6.45) is 2.47. The van der Waals surface area contributed by atoms with Crippen molar-refractivity contribution in [2.45, 2.75) is 26.7 Å². The molecule has 2 rings (SSSR count). The molecule has 1 fully saturated rings. The maximum absolute atomic E-state index is 3.47. The molecule has 0 atom stereocenters. The van der Waals surface area contributed by atoms with E-state index in [-0.39, 0.29) is 0 Å². The summed E-state index contributed by atoms with van der Waals surface area (Å²) < 4.78 is 0. The van der Waals surface area contributed by atoms with Gasteiger partial charge in [-0.3, -0.25) is 0 Å². The van der Waals surface area contributed by atoms with Crippen LogP contribution >= 0.6 is 0 Å². The molecule has 0 amide bonds. The molecule has 0 aromatic heterocycles. The molecule has 0 spiro atoms. The molecule has 1 aliphatic rings. The molecule has 3 nitrogen and oxygen atoms in total. The van der Waals surface area contributed by atoms with Crippen LogP contribution in [0.4, 0.5) is 11.4 Å². The number of rotatable bonds is 4. The molecule has 1 N–H and O–H groups in total. The van der Waals surface area contributed by atoms with Crippen LogP contribution in [0, 0.1) is 0 Å². The second-order valence-electron chi connectivity index (χ2n) is 5.13. The fourth-order valence-corrected chi connectivity index (χ4v) is 2.75. The van der Waals surface area contributed by atoms with Gasteiger partial charge in [-0.15, -0.1) is 0 Å². The Morgan fingerprint density at radius 3 is 2.11 bits per heavy atom. The summed E-state index contributed by atoms with van der Waals surface area (Å²) in [5.41, 5.74) is 2.71. The largest absolute Gasteiger partial charge is 0.372 e. The first-order valence-electron chi connectivity index (χ1n) is 7.65. The third-order valence-electron chi connectivity index (χ3n) is 3.91. The van der Waals surface area contributed by atoms with Crippen molar-refractivity contribution in [3.8, 4) is 0 Å². The Labute approximate surface area is 117 Å². The van der Waals surface area contributed by atoms with Crippen LogP contribution in [-0.4, -0.2) is 39.3 Å². The normalized spacial score (nSPS) is 16.8. The quantitative estimate of drug-likeness (QED) is 0.899. The molecule has 19 heavy (non-hydrogen) atoms. The third kappa shape index (κ3) is 3.87. The summed E-state index contributed by atoms with van der Waals surface area (Å²) >= 11 is 0. The third-order valence-corrected chi connectivity index (χ3v) is 3.91. The molecular formula is C16H27N3. The Morgan fingerprint density at radius 1 is 1.00 bits per heavy atom. The van der Waals surface area contributed by atoms with Crippen molar-refractivity contribution in [1.82, 2.24) is 5.32 Å². The molecular weight excluding hydrogens is 234 g/mol. The predicted octanol–water partition coefficient (Wildman–Crippen LogP) is 2.72. The molecule has 1 aromatic carbocycles. The molecule has 1 aliphatic heterocycles. The van der Waals surface area contributed by atoms with E-state index in [1.807, 2.05) is 0 Å². The average molecular weight is 261 g/mol. The minimum absolute atomic E-state index is 1.07. The van der Waals surface area contributed by atoms with Gasteiger partial charge in [0.05, 0.1) is 0 Å².